The van der Waals surface area contributed by atoms with Gasteiger partial charge in [0.1, 0.15) is 6.04 Å². The number of benzene rings is 3. The van der Waals surface area contributed by atoms with Gasteiger partial charge < -0.3 is 24.7 Å². The fraction of sp³-hybridized carbons (Fsp3) is 0.333. The van der Waals surface area contributed by atoms with Gasteiger partial charge in [-0.2, -0.15) is 0 Å². The Labute approximate surface area is 245 Å². The molecule has 2 N–H and O–H groups in total. The number of aromatic nitrogens is 1. The first-order valence-corrected chi connectivity index (χ1v) is 14.5. The van der Waals surface area contributed by atoms with Crippen LogP contribution in [0.4, 0.5) is 0 Å². The second kappa shape index (κ2) is 13.1. The predicted molar refractivity (Wildman–Crippen MR) is 161 cm³/mol. The summed E-state index contributed by atoms with van der Waals surface area (Å²) in [6.07, 6.45) is 7.17. The maximum absolute atomic E-state index is 14.3. The molecule has 214 valence electrons. The molecule has 0 bridgehead atoms. The first-order valence-electron chi connectivity index (χ1n) is 14.1. The number of para-hydroxylation sites is 1. The summed E-state index contributed by atoms with van der Waals surface area (Å²) in [4.78, 5) is 33.4. The molecule has 5 rings (SSSR count). The van der Waals surface area contributed by atoms with Gasteiger partial charge in [-0.3, -0.25) is 9.59 Å². The highest BCUT2D eigenvalue weighted by molar-refractivity contribution is 6.31. The lowest BCUT2D eigenvalue weighted by atomic mass is 9.94. The Morgan fingerprint density at radius 1 is 0.951 bits per heavy atom. The Morgan fingerprint density at radius 2 is 1.68 bits per heavy atom. The van der Waals surface area contributed by atoms with E-state index in [1.165, 1.54) is 6.42 Å². The van der Waals surface area contributed by atoms with E-state index in [0.717, 1.165) is 47.7 Å². The van der Waals surface area contributed by atoms with Gasteiger partial charge in [0.15, 0.2) is 11.5 Å². The van der Waals surface area contributed by atoms with Gasteiger partial charge >= 0.3 is 0 Å². The van der Waals surface area contributed by atoms with Crippen LogP contribution in [0.2, 0.25) is 5.02 Å². The maximum Gasteiger partial charge on any atom is 0.247 e. The number of hydrogen-bond acceptors (Lipinski definition) is 4. The number of H-pyrrole nitrogens is 1. The molecule has 1 aliphatic carbocycles. The number of rotatable bonds is 10. The topological polar surface area (TPSA) is 83.7 Å². The smallest absolute Gasteiger partial charge is 0.247 e. The highest BCUT2D eigenvalue weighted by Gasteiger charge is 2.34. The van der Waals surface area contributed by atoms with Gasteiger partial charge in [-0.15, -0.1) is 0 Å². The number of fused-ring (bicyclic) bond motifs is 1. The van der Waals surface area contributed by atoms with Crippen molar-refractivity contribution in [2.75, 3.05) is 14.2 Å². The molecule has 0 unspecified atom stereocenters. The molecule has 1 atom stereocenters. The quantitative estimate of drug-likeness (QED) is 0.224. The number of carbonyl (C=O) groups excluding carboxylic acids is 2. The molecule has 41 heavy (non-hydrogen) atoms. The van der Waals surface area contributed by atoms with E-state index in [4.69, 9.17) is 21.1 Å². The van der Waals surface area contributed by atoms with Crippen molar-refractivity contribution in [3.05, 3.63) is 94.6 Å². The van der Waals surface area contributed by atoms with Gasteiger partial charge in [0, 0.05) is 34.7 Å². The predicted octanol–water partition coefficient (Wildman–Crippen LogP) is 6.60. The molecular formula is C33H36ClN3O4. The molecule has 0 spiro atoms. The minimum absolute atomic E-state index is 0.0739. The number of amides is 2. The van der Waals surface area contributed by atoms with Gasteiger partial charge in [-0.25, -0.2) is 0 Å². The summed E-state index contributed by atoms with van der Waals surface area (Å²) in [5.74, 6) is 0.629. The van der Waals surface area contributed by atoms with Crippen LogP contribution in [0, 0.1) is 0 Å². The lowest BCUT2D eigenvalue weighted by Crippen LogP contribution is -2.47. The zero-order chi connectivity index (χ0) is 28.8. The van der Waals surface area contributed by atoms with Crippen molar-refractivity contribution in [2.24, 2.45) is 0 Å². The zero-order valence-electron chi connectivity index (χ0n) is 23.5. The van der Waals surface area contributed by atoms with E-state index in [2.05, 4.69) is 10.3 Å². The third-order valence-corrected chi connectivity index (χ3v) is 8.24. The molecule has 1 saturated carbocycles. The molecule has 7 nitrogen and oxygen atoms in total. The highest BCUT2D eigenvalue weighted by atomic mass is 35.5. The van der Waals surface area contributed by atoms with E-state index in [-0.39, 0.29) is 30.8 Å². The van der Waals surface area contributed by atoms with Crippen LogP contribution in [0.15, 0.2) is 72.9 Å². The molecule has 1 fully saturated rings. The molecule has 1 aromatic heterocycles. The van der Waals surface area contributed by atoms with Crippen LogP contribution in [0.25, 0.3) is 10.9 Å². The van der Waals surface area contributed by atoms with E-state index in [0.29, 0.717) is 22.1 Å². The minimum atomic E-state index is -0.911. The fourth-order valence-corrected chi connectivity index (χ4v) is 5.89. The zero-order valence-corrected chi connectivity index (χ0v) is 24.2. The van der Waals surface area contributed by atoms with Crippen LogP contribution < -0.4 is 14.8 Å². The highest BCUT2D eigenvalue weighted by Crippen LogP contribution is 2.34. The Kier molecular flexibility index (Phi) is 9.14. The average Bonchev–Trinajstić information content (AvgIpc) is 3.40. The van der Waals surface area contributed by atoms with E-state index < -0.39 is 6.04 Å². The third-order valence-electron chi connectivity index (χ3n) is 7.87. The molecule has 1 heterocycles. The van der Waals surface area contributed by atoms with Crippen LogP contribution in [0.1, 0.15) is 54.8 Å². The maximum atomic E-state index is 14.3. The summed E-state index contributed by atoms with van der Waals surface area (Å²) in [6, 6.07) is 19.8. The molecule has 0 aliphatic heterocycles. The molecule has 1 aliphatic rings. The Hall–Kier alpha value is -3.97. The van der Waals surface area contributed by atoms with Crippen molar-refractivity contribution < 1.29 is 19.1 Å². The number of nitrogens with one attached hydrogen (secondary N) is 2. The summed E-state index contributed by atoms with van der Waals surface area (Å²) in [6.45, 7) is 0.165. The summed E-state index contributed by atoms with van der Waals surface area (Å²) < 4.78 is 11.0. The summed E-state index contributed by atoms with van der Waals surface area (Å²) >= 11 is 6.59. The lowest BCUT2D eigenvalue weighted by molar-refractivity contribution is -0.141. The number of aromatic amines is 1. The first-order chi connectivity index (χ1) is 20.0. The molecule has 2 amide bonds. The Balaban J connectivity index is 1.57. The van der Waals surface area contributed by atoms with E-state index in [1.807, 2.05) is 54.7 Å². The van der Waals surface area contributed by atoms with Crippen molar-refractivity contribution in [2.45, 2.75) is 57.2 Å². The van der Waals surface area contributed by atoms with Crippen LogP contribution in [-0.4, -0.2) is 42.0 Å². The van der Waals surface area contributed by atoms with Crippen LogP contribution in [0.3, 0.4) is 0 Å². The number of ether oxygens (including phenoxy) is 2. The van der Waals surface area contributed by atoms with E-state index in [9.17, 15) is 9.59 Å². The fourth-order valence-electron chi connectivity index (χ4n) is 5.70. The van der Waals surface area contributed by atoms with Gasteiger partial charge in [0.25, 0.3) is 0 Å². The monoisotopic (exact) mass is 573 g/mol. The Bertz CT molecular complexity index is 1510. The van der Waals surface area contributed by atoms with Gasteiger partial charge in [-0.1, -0.05) is 73.3 Å². The normalized spacial score (nSPS) is 14.4. The molecule has 4 aromatic rings. The number of hydrogen-bond donors (Lipinski definition) is 2. The lowest BCUT2D eigenvalue weighted by Gasteiger charge is -2.34. The SMILES string of the molecule is COc1ccc([C@H](C(=O)NC2CCCCC2)N(Cc2ccccc2Cl)C(=O)Cc2c[nH]c3ccccc23)cc1OC. The number of nitrogens with zero attached hydrogens (tertiary/aromatic N) is 1. The van der Waals surface area contributed by atoms with Gasteiger partial charge in [0.05, 0.1) is 20.6 Å². The number of methoxy groups -OCH3 is 2. The second-order valence-electron chi connectivity index (χ2n) is 10.5. The summed E-state index contributed by atoms with van der Waals surface area (Å²) in [5, 5.41) is 4.78. The van der Waals surface area contributed by atoms with Crippen molar-refractivity contribution in [3.63, 3.8) is 0 Å². The second-order valence-corrected chi connectivity index (χ2v) is 10.9. The van der Waals surface area contributed by atoms with E-state index >= 15 is 0 Å². The molecule has 0 radical (unpaired) electrons. The van der Waals surface area contributed by atoms with Crippen molar-refractivity contribution >= 4 is 34.3 Å². The first kappa shape index (κ1) is 28.6. The van der Waals surface area contributed by atoms with E-state index in [1.54, 1.807) is 37.3 Å². The van der Waals surface area contributed by atoms with Crippen molar-refractivity contribution in [1.82, 2.24) is 15.2 Å². The van der Waals surface area contributed by atoms with Gasteiger partial charge in [-0.05, 0) is 53.8 Å². The summed E-state index contributed by atoms with van der Waals surface area (Å²) in [7, 11) is 3.13. The molecule has 0 saturated heterocycles. The van der Waals surface area contributed by atoms with Crippen LogP contribution in [0.5, 0.6) is 11.5 Å². The van der Waals surface area contributed by atoms with Gasteiger partial charge in [0.2, 0.25) is 11.8 Å². The number of carbonyl (C=O) groups is 2. The number of halogens is 1. The molecule has 3 aromatic carbocycles. The van der Waals surface area contributed by atoms with Crippen molar-refractivity contribution in [3.8, 4) is 11.5 Å². The van der Waals surface area contributed by atoms with Crippen LogP contribution in [-0.2, 0) is 22.6 Å². The minimum Gasteiger partial charge on any atom is -0.493 e. The van der Waals surface area contributed by atoms with Crippen molar-refractivity contribution in [1.29, 1.82) is 0 Å². The third kappa shape index (κ3) is 6.51. The van der Waals surface area contributed by atoms with Crippen LogP contribution >= 0.6 is 11.6 Å². The molecule has 8 heteroatoms. The largest absolute Gasteiger partial charge is 0.493 e. The summed E-state index contributed by atoms with van der Waals surface area (Å²) in [5.41, 5.74) is 3.22. The standard InChI is InChI=1S/C33H36ClN3O4/c1-40-29-17-16-22(18-30(29)41-2)32(33(39)36-25-11-4-3-5-12-25)37(21-23-10-6-8-14-27(23)34)31(38)19-24-20-35-28-15-9-7-13-26(24)28/h6-10,13-18,20,25,32,35H,3-5,11-12,19,21H2,1-2H3,(H,36,39)/t32-/m1/s1. The average molecular weight is 574 g/mol. The Morgan fingerprint density at radius 3 is 2.44 bits per heavy atom. The molecular weight excluding hydrogens is 538 g/mol.